The molecular weight excluding hydrogens is 288 g/mol. The van der Waals surface area contributed by atoms with Crippen molar-refractivity contribution in [1.82, 2.24) is 4.90 Å². The average molecular weight is 314 g/mol. The highest BCUT2D eigenvalue weighted by atomic mass is 16.5. The Balaban J connectivity index is 1.77. The molecular formula is C19H26N2O2. The monoisotopic (exact) mass is 314 g/mol. The molecule has 0 saturated carbocycles. The predicted octanol–water partition coefficient (Wildman–Crippen LogP) is 3.60. The van der Waals surface area contributed by atoms with Gasteiger partial charge in [-0.3, -0.25) is 4.90 Å². The number of benzene rings is 2. The van der Waals surface area contributed by atoms with Gasteiger partial charge in [0.05, 0.1) is 6.61 Å². The molecule has 0 saturated heterocycles. The first-order chi connectivity index (χ1) is 11.3. The SMILES string of the molecule is CCN(CCOC)Cc1ccc(NCOc2ccccc2)cc1. The molecule has 124 valence electrons. The highest BCUT2D eigenvalue weighted by molar-refractivity contribution is 5.44. The minimum atomic E-state index is 0.457. The van der Waals surface area contributed by atoms with E-state index in [1.165, 1.54) is 5.56 Å². The van der Waals surface area contributed by atoms with Crippen molar-refractivity contribution in [2.24, 2.45) is 0 Å². The van der Waals surface area contributed by atoms with Crippen LogP contribution in [0, 0.1) is 0 Å². The van der Waals surface area contributed by atoms with E-state index in [4.69, 9.17) is 9.47 Å². The Morgan fingerprint density at radius 1 is 1.00 bits per heavy atom. The first-order valence-corrected chi connectivity index (χ1v) is 8.03. The number of ether oxygens (including phenoxy) is 2. The van der Waals surface area contributed by atoms with Gasteiger partial charge in [-0.05, 0) is 36.4 Å². The lowest BCUT2D eigenvalue weighted by molar-refractivity contribution is 0.147. The number of para-hydroxylation sites is 1. The number of nitrogens with zero attached hydrogens (tertiary/aromatic N) is 1. The molecule has 2 aromatic carbocycles. The predicted molar refractivity (Wildman–Crippen MR) is 94.8 cm³/mol. The van der Waals surface area contributed by atoms with E-state index in [1.54, 1.807) is 7.11 Å². The molecule has 4 heteroatoms. The molecule has 0 bridgehead atoms. The standard InChI is InChI=1S/C19H26N2O2/c1-3-21(13-14-22-2)15-17-9-11-18(12-10-17)20-16-23-19-7-5-4-6-8-19/h4-12,20H,3,13-16H2,1-2H3. The van der Waals surface area contributed by atoms with E-state index in [0.717, 1.165) is 37.7 Å². The molecule has 0 unspecified atom stereocenters. The van der Waals surface area contributed by atoms with E-state index in [1.807, 2.05) is 30.3 Å². The van der Waals surface area contributed by atoms with E-state index in [2.05, 4.69) is 41.4 Å². The average Bonchev–Trinajstić information content (AvgIpc) is 2.61. The van der Waals surface area contributed by atoms with Gasteiger partial charge in [-0.2, -0.15) is 0 Å². The van der Waals surface area contributed by atoms with E-state index in [-0.39, 0.29) is 0 Å². The molecule has 0 amide bonds. The maximum absolute atomic E-state index is 5.63. The summed E-state index contributed by atoms with van der Waals surface area (Å²) in [6, 6.07) is 18.3. The number of methoxy groups -OCH3 is 1. The van der Waals surface area contributed by atoms with Gasteiger partial charge in [0.1, 0.15) is 5.75 Å². The van der Waals surface area contributed by atoms with Crippen molar-refractivity contribution in [1.29, 1.82) is 0 Å². The zero-order chi connectivity index (χ0) is 16.3. The Hall–Kier alpha value is -2.04. The normalized spacial score (nSPS) is 10.7. The van der Waals surface area contributed by atoms with Crippen molar-refractivity contribution >= 4 is 5.69 Å². The fourth-order valence-electron chi connectivity index (χ4n) is 2.28. The smallest absolute Gasteiger partial charge is 0.159 e. The number of anilines is 1. The Kier molecular flexibility index (Phi) is 7.43. The first-order valence-electron chi connectivity index (χ1n) is 8.03. The lowest BCUT2D eigenvalue weighted by Crippen LogP contribution is -2.26. The minimum absolute atomic E-state index is 0.457. The quantitative estimate of drug-likeness (QED) is 0.679. The largest absolute Gasteiger partial charge is 0.473 e. The molecule has 23 heavy (non-hydrogen) atoms. The Labute approximate surface area is 139 Å². The van der Waals surface area contributed by atoms with E-state index < -0.39 is 0 Å². The topological polar surface area (TPSA) is 33.7 Å². The lowest BCUT2D eigenvalue weighted by Gasteiger charge is -2.20. The third-order valence-corrected chi connectivity index (χ3v) is 3.68. The van der Waals surface area contributed by atoms with Crippen LogP contribution in [0.5, 0.6) is 5.75 Å². The van der Waals surface area contributed by atoms with Crippen molar-refractivity contribution in [3.8, 4) is 5.75 Å². The number of hydrogen-bond donors (Lipinski definition) is 1. The molecule has 0 spiro atoms. The van der Waals surface area contributed by atoms with Gasteiger partial charge < -0.3 is 14.8 Å². The molecule has 0 atom stereocenters. The van der Waals surface area contributed by atoms with Crippen LogP contribution in [0.2, 0.25) is 0 Å². The van der Waals surface area contributed by atoms with Crippen LogP contribution in [0.25, 0.3) is 0 Å². The fourth-order valence-corrected chi connectivity index (χ4v) is 2.28. The summed E-state index contributed by atoms with van der Waals surface area (Å²) in [6.07, 6.45) is 0. The van der Waals surface area contributed by atoms with Crippen molar-refractivity contribution in [2.75, 3.05) is 38.9 Å². The molecule has 0 fully saturated rings. The van der Waals surface area contributed by atoms with Gasteiger partial charge in [0.2, 0.25) is 0 Å². The Morgan fingerprint density at radius 2 is 1.74 bits per heavy atom. The van der Waals surface area contributed by atoms with Gasteiger partial charge in [0.25, 0.3) is 0 Å². The molecule has 0 aliphatic carbocycles. The van der Waals surface area contributed by atoms with Crippen molar-refractivity contribution < 1.29 is 9.47 Å². The molecule has 2 rings (SSSR count). The van der Waals surface area contributed by atoms with Gasteiger partial charge in [-0.15, -0.1) is 0 Å². The van der Waals surface area contributed by atoms with Crippen LogP contribution in [-0.2, 0) is 11.3 Å². The molecule has 0 aliphatic rings. The fraction of sp³-hybridized carbons (Fsp3) is 0.368. The maximum atomic E-state index is 5.63. The molecule has 4 nitrogen and oxygen atoms in total. The number of nitrogens with one attached hydrogen (secondary N) is 1. The van der Waals surface area contributed by atoms with E-state index in [9.17, 15) is 0 Å². The zero-order valence-corrected chi connectivity index (χ0v) is 14.0. The first kappa shape index (κ1) is 17.3. The van der Waals surface area contributed by atoms with E-state index >= 15 is 0 Å². The Bertz CT molecular complexity index is 543. The molecule has 0 radical (unpaired) electrons. The van der Waals surface area contributed by atoms with Crippen LogP contribution in [-0.4, -0.2) is 38.4 Å². The second kappa shape index (κ2) is 9.87. The van der Waals surface area contributed by atoms with Crippen LogP contribution in [0.3, 0.4) is 0 Å². The number of likely N-dealkylation sites (N-methyl/N-ethyl adjacent to an activating group) is 1. The summed E-state index contributed by atoms with van der Waals surface area (Å²) < 4.78 is 10.8. The van der Waals surface area contributed by atoms with Gasteiger partial charge >= 0.3 is 0 Å². The third kappa shape index (κ3) is 6.30. The van der Waals surface area contributed by atoms with Gasteiger partial charge in [0, 0.05) is 25.9 Å². The Morgan fingerprint density at radius 3 is 2.39 bits per heavy atom. The molecule has 0 aliphatic heterocycles. The third-order valence-electron chi connectivity index (χ3n) is 3.68. The second-order valence-corrected chi connectivity index (χ2v) is 5.34. The van der Waals surface area contributed by atoms with Crippen LogP contribution in [0.1, 0.15) is 12.5 Å². The van der Waals surface area contributed by atoms with Crippen molar-refractivity contribution in [2.45, 2.75) is 13.5 Å². The van der Waals surface area contributed by atoms with Gasteiger partial charge in [-0.1, -0.05) is 37.3 Å². The molecule has 1 N–H and O–H groups in total. The van der Waals surface area contributed by atoms with Crippen LogP contribution in [0.4, 0.5) is 5.69 Å². The summed E-state index contributed by atoms with van der Waals surface area (Å²) in [5, 5.41) is 3.27. The van der Waals surface area contributed by atoms with Gasteiger partial charge in [-0.25, -0.2) is 0 Å². The summed E-state index contributed by atoms with van der Waals surface area (Å²) in [4.78, 5) is 2.37. The van der Waals surface area contributed by atoms with Crippen LogP contribution < -0.4 is 10.1 Å². The van der Waals surface area contributed by atoms with Crippen molar-refractivity contribution in [3.63, 3.8) is 0 Å². The molecule has 0 heterocycles. The summed E-state index contributed by atoms with van der Waals surface area (Å²) in [5.41, 5.74) is 2.36. The zero-order valence-electron chi connectivity index (χ0n) is 14.0. The lowest BCUT2D eigenvalue weighted by atomic mass is 10.2. The highest BCUT2D eigenvalue weighted by Crippen LogP contribution is 2.13. The summed E-state index contributed by atoms with van der Waals surface area (Å²) in [6.45, 7) is 6.32. The number of hydrogen-bond acceptors (Lipinski definition) is 4. The summed E-state index contributed by atoms with van der Waals surface area (Å²) in [7, 11) is 1.74. The minimum Gasteiger partial charge on any atom is -0.473 e. The molecule has 2 aromatic rings. The highest BCUT2D eigenvalue weighted by Gasteiger charge is 2.03. The summed E-state index contributed by atoms with van der Waals surface area (Å²) in [5.74, 6) is 0.869. The maximum Gasteiger partial charge on any atom is 0.159 e. The van der Waals surface area contributed by atoms with Crippen LogP contribution in [0.15, 0.2) is 54.6 Å². The second-order valence-electron chi connectivity index (χ2n) is 5.34. The van der Waals surface area contributed by atoms with Crippen molar-refractivity contribution in [3.05, 3.63) is 60.2 Å². The summed E-state index contributed by atoms with van der Waals surface area (Å²) >= 11 is 0. The molecule has 0 aromatic heterocycles. The number of rotatable bonds is 10. The van der Waals surface area contributed by atoms with Crippen LogP contribution >= 0.6 is 0 Å². The van der Waals surface area contributed by atoms with Gasteiger partial charge in [0.15, 0.2) is 6.73 Å². The van der Waals surface area contributed by atoms with E-state index in [0.29, 0.717) is 6.73 Å².